The van der Waals surface area contributed by atoms with Crippen LogP contribution >= 0.6 is 0 Å². The number of nitrogens with one attached hydrogen (secondary N) is 2. The third-order valence-corrected chi connectivity index (χ3v) is 4.06. The highest BCUT2D eigenvalue weighted by atomic mass is 19.3. The van der Waals surface area contributed by atoms with Crippen molar-refractivity contribution in [3.05, 3.63) is 59.2 Å². The Hall–Kier alpha value is -2.96. The van der Waals surface area contributed by atoms with Crippen molar-refractivity contribution >= 4 is 23.3 Å². The van der Waals surface area contributed by atoms with Crippen molar-refractivity contribution in [3.63, 3.8) is 0 Å². The van der Waals surface area contributed by atoms with E-state index >= 15 is 0 Å². The predicted octanol–water partition coefficient (Wildman–Crippen LogP) is 3.89. The van der Waals surface area contributed by atoms with Crippen LogP contribution < -0.4 is 10.6 Å². The van der Waals surface area contributed by atoms with Gasteiger partial charge in [-0.15, -0.1) is 0 Å². The number of aryl methyl sites for hydroxylation is 1. The first-order valence-electron chi connectivity index (χ1n) is 8.03. The van der Waals surface area contributed by atoms with E-state index in [0.717, 1.165) is 16.8 Å². The van der Waals surface area contributed by atoms with Gasteiger partial charge in [0.15, 0.2) is 0 Å². The fourth-order valence-corrected chi connectivity index (χ4v) is 2.46. The van der Waals surface area contributed by atoms with Crippen molar-refractivity contribution < 1.29 is 23.5 Å². The average molecular weight is 362 g/mol. The molecule has 0 aliphatic carbocycles. The van der Waals surface area contributed by atoms with Gasteiger partial charge in [0.05, 0.1) is 11.3 Å². The summed E-state index contributed by atoms with van der Waals surface area (Å²) in [5.74, 6) is -2.23. The second kappa shape index (κ2) is 8.42. The molecule has 0 spiro atoms. The van der Waals surface area contributed by atoms with Gasteiger partial charge >= 0.3 is 5.97 Å². The van der Waals surface area contributed by atoms with Crippen LogP contribution in [0.1, 0.15) is 27.9 Å². The number of carbonyl (C=O) groups is 2. The van der Waals surface area contributed by atoms with Crippen LogP contribution in [0.4, 0.5) is 20.2 Å². The molecule has 1 atom stereocenters. The number of carboxylic acid groups (broad SMARTS) is 1. The predicted molar refractivity (Wildman–Crippen MR) is 95.2 cm³/mol. The number of hydrogen-bond acceptors (Lipinski definition) is 3. The topological polar surface area (TPSA) is 78.4 Å². The molecule has 0 saturated heterocycles. The van der Waals surface area contributed by atoms with Crippen LogP contribution in [0.3, 0.4) is 0 Å². The molecule has 0 aromatic heterocycles. The van der Waals surface area contributed by atoms with Crippen molar-refractivity contribution in [2.75, 3.05) is 5.32 Å². The van der Waals surface area contributed by atoms with Gasteiger partial charge in [-0.05, 0) is 43.2 Å². The molecule has 0 heterocycles. The monoisotopic (exact) mass is 362 g/mol. The summed E-state index contributed by atoms with van der Waals surface area (Å²) in [6, 6.07) is 10.5. The van der Waals surface area contributed by atoms with Gasteiger partial charge in [-0.2, -0.15) is 0 Å². The Morgan fingerprint density at radius 3 is 2.35 bits per heavy atom. The van der Waals surface area contributed by atoms with Gasteiger partial charge in [-0.1, -0.05) is 24.3 Å². The fraction of sp³-hybridized carbons (Fsp3) is 0.263. The minimum Gasteiger partial charge on any atom is -0.480 e. The normalized spacial score (nSPS) is 11.9. The zero-order valence-electron chi connectivity index (χ0n) is 14.4. The number of amides is 1. The fourth-order valence-electron chi connectivity index (χ4n) is 2.46. The minimum absolute atomic E-state index is 0.175. The molecule has 2 rings (SSSR count). The van der Waals surface area contributed by atoms with Crippen LogP contribution in [0.2, 0.25) is 0 Å². The minimum atomic E-state index is -2.83. The smallest absolute Gasteiger partial charge is 0.326 e. The Bertz CT molecular complexity index is 809. The molecular weight excluding hydrogens is 342 g/mol. The lowest BCUT2D eigenvalue weighted by Gasteiger charge is -2.17. The van der Waals surface area contributed by atoms with E-state index in [9.17, 15) is 18.4 Å². The standard InChI is InChI=1S/C19H20F2N2O3/c1-11-6-5-9-14(12(11)2)22-15-8-4-3-7-13(15)18(24)23-16(19(25)26)10-17(20)21/h3-9,16-17,22H,10H2,1-2H3,(H,23,24)(H,25,26). The van der Waals surface area contributed by atoms with Crippen LogP contribution in [-0.4, -0.2) is 29.5 Å². The lowest BCUT2D eigenvalue weighted by Crippen LogP contribution is -2.42. The molecule has 7 heteroatoms. The lowest BCUT2D eigenvalue weighted by molar-refractivity contribution is -0.140. The zero-order valence-corrected chi connectivity index (χ0v) is 14.4. The number of carbonyl (C=O) groups excluding carboxylic acids is 1. The van der Waals surface area contributed by atoms with E-state index in [2.05, 4.69) is 10.6 Å². The first kappa shape index (κ1) is 19.4. The Morgan fingerprint density at radius 2 is 1.69 bits per heavy atom. The zero-order chi connectivity index (χ0) is 19.3. The molecule has 0 fully saturated rings. The van der Waals surface area contributed by atoms with Crippen molar-refractivity contribution in [2.45, 2.75) is 32.7 Å². The summed E-state index contributed by atoms with van der Waals surface area (Å²) in [5.41, 5.74) is 3.50. The summed E-state index contributed by atoms with van der Waals surface area (Å²) < 4.78 is 25.0. The van der Waals surface area contributed by atoms with Gasteiger partial charge in [-0.25, -0.2) is 13.6 Å². The van der Waals surface area contributed by atoms with Crippen molar-refractivity contribution in [1.82, 2.24) is 5.32 Å². The third-order valence-electron chi connectivity index (χ3n) is 4.06. The lowest BCUT2D eigenvalue weighted by atomic mass is 10.1. The second-order valence-corrected chi connectivity index (χ2v) is 5.91. The number of aliphatic carboxylic acids is 1. The summed E-state index contributed by atoms with van der Waals surface area (Å²) in [7, 11) is 0. The first-order chi connectivity index (χ1) is 12.3. The number of hydrogen-bond donors (Lipinski definition) is 3. The summed E-state index contributed by atoms with van der Waals surface area (Å²) in [6.45, 7) is 3.89. The van der Waals surface area contributed by atoms with Crippen LogP contribution in [0.25, 0.3) is 0 Å². The Kier molecular flexibility index (Phi) is 6.27. The van der Waals surface area contributed by atoms with E-state index in [1.165, 1.54) is 6.07 Å². The molecule has 0 aliphatic rings. The highest BCUT2D eigenvalue weighted by molar-refractivity contribution is 6.02. The number of para-hydroxylation sites is 1. The second-order valence-electron chi connectivity index (χ2n) is 5.91. The summed E-state index contributed by atoms with van der Waals surface area (Å²) in [5, 5.41) is 14.3. The van der Waals surface area contributed by atoms with Gasteiger partial charge in [0.25, 0.3) is 5.91 Å². The maximum atomic E-state index is 12.5. The highest BCUT2D eigenvalue weighted by Crippen LogP contribution is 2.25. The Labute approximate surface area is 150 Å². The van der Waals surface area contributed by atoms with Crippen LogP contribution in [0.15, 0.2) is 42.5 Å². The Balaban J connectivity index is 2.26. The number of alkyl halides is 2. The highest BCUT2D eigenvalue weighted by Gasteiger charge is 2.25. The van der Waals surface area contributed by atoms with Crippen LogP contribution in [-0.2, 0) is 4.79 Å². The molecule has 3 N–H and O–H groups in total. The number of benzene rings is 2. The van der Waals surface area contributed by atoms with Gasteiger partial charge in [0.1, 0.15) is 6.04 Å². The van der Waals surface area contributed by atoms with Crippen molar-refractivity contribution in [3.8, 4) is 0 Å². The molecular formula is C19H20F2N2O3. The summed E-state index contributed by atoms with van der Waals surface area (Å²) >= 11 is 0. The van der Waals surface area contributed by atoms with E-state index in [1.54, 1.807) is 18.2 Å². The SMILES string of the molecule is Cc1cccc(Nc2ccccc2C(=O)NC(CC(F)F)C(=O)O)c1C. The van der Waals surface area contributed by atoms with Crippen molar-refractivity contribution in [2.24, 2.45) is 0 Å². The number of halogens is 2. The molecule has 1 unspecified atom stereocenters. The van der Waals surface area contributed by atoms with Gasteiger partial charge in [-0.3, -0.25) is 4.79 Å². The van der Waals surface area contributed by atoms with E-state index in [1.807, 2.05) is 32.0 Å². The number of rotatable bonds is 7. The Morgan fingerprint density at radius 1 is 1.04 bits per heavy atom. The molecule has 26 heavy (non-hydrogen) atoms. The van der Waals surface area contributed by atoms with Crippen LogP contribution in [0.5, 0.6) is 0 Å². The van der Waals surface area contributed by atoms with E-state index in [0.29, 0.717) is 5.69 Å². The van der Waals surface area contributed by atoms with E-state index < -0.39 is 30.8 Å². The molecule has 0 radical (unpaired) electrons. The van der Waals surface area contributed by atoms with E-state index in [-0.39, 0.29) is 5.56 Å². The maximum Gasteiger partial charge on any atom is 0.326 e. The van der Waals surface area contributed by atoms with Gasteiger partial charge in [0, 0.05) is 12.1 Å². The van der Waals surface area contributed by atoms with Gasteiger partial charge < -0.3 is 15.7 Å². The molecule has 0 aliphatic heterocycles. The molecule has 1 amide bonds. The quantitative estimate of drug-likeness (QED) is 0.698. The molecule has 2 aromatic rings. The van der Waals surface area contributed by atoms with Gasteiger partial charge in [0.2, 0.25) is 6.43 Å². The van der Waals surface area contributed by atoms with Crippen molar-refractivity contribution in [1.29, 1.82) is 0 Å². The largest absolute Gasteiger partial charge is 0.480 e. The third kappa shape index (κ3) is 4.78. The summed E-state index contributed by atoms with van der Waals surface area (Å²) in [6.07, 6.45) is -3.78. The maximum absolute atomic E-state index is 12.5. The molecule has 5 nitrogen and oxygen atoms in total. The first-order valence-corrected chi connectivity index (χ1v) is 8.03. The number of anilines is 2. The van der Waals surface area contributed by atoms with Crippen LogP contribution in [0, 0.1) is 13.8 Å². The molecule has 2 aromatic carbocycles. The number of carboxylic acids is 1. The average Bonchev–Trinajstić information content (AvgIpc) is 2.58. The molecule has 138 valence electrons. The molecule has 0 saturated carbocycles. The van der Waals surface area contributed by atoms with E-state index in [4.69, 9.17) is 5.11 Å². The molecule has 0 bridgehead atoms. The summed E-state index contributed by atoms with van der Waals surface area (Å²) in [4.78, 5) is 23.5.